The van der Waals surface area contributed by atoms with Gasteiger partial charge in [0, 0.05) is 17.7 Å². The van der Waals surface area contributed by atoms with Crippen molar-refractivity contribution in [2.45, 2.75) is 31.0 Å². The van der Waals surface area contributed by atoms with Crippen LogP contribution in [0.5, 0.6) is 5.75 Å². The highest BCUT2D eigenvalue weighted by Gasteiger charge is 2.34. The van der Waals surface area contributed by atoms with Crippen LogP contribution in [0.1, 0.15) is 17.2 Å². The number of nitrogens with zero attached hydrogens (tertiary/aromatic N) is 2. The molecule has 2 aromatic carbocycles. The number of rotatable bonds is 5. The Kier molecular flexibility index (Phi) is 5.11. The van der Waals surface area contributed by atoms with Crippen LogP contribution in [0.4, 0.5) is 0 Å². The summed E-state index contributed by atoms with van der Waals surface area (Å²) in [6.07, 6.45) is 2.01. The van der Waals surface area contributed by atoms with E-state index in [0.717, 1.165) is 29.8 Å². The molecule has 0 saturated carbocycles. The molecule has 0 spiro atoms. The first kappa shape index (κ1) is 19.0. The zero-order valence-corrected chi connectivity index (χ0v) is 17.0. The van der Waals surface area contributed by atoms with Crippen molar-refractivity contribution in [1.82, 2.24) is 15.1 Å². The van der Waals surface area contributed by atoms with Gasteiger partial charge in [0.1, 0.15) is 5.75 Å². The maximum Gasteiger partial charge on any atom is 0.267 e. The standard InChI is InChI=1S/C24H25N3O3/c1-29-20-8-4-7-18(13-20)21-9-10-24(28)27(26-21)23-15-30-14-22(23)25-19-11-16-5-2-3-6-17(16)12-19/h2-10,13,19,22-23,25H,11-12,14-15H2,1H3. The summed E-state index contributed by atoms with van der Waals surface area (Å²) in [5.74, 6) is 0.761. The van der Waals surface area contributed by atoms with Gasteiger partial charge in [-0.25, -0.2) is 4.68 Å². The van der Waals surface area contributed by atoms with Gasteiger partial charge in [0.25, 0.3) is 5.56 Å². The summed E-state index contributed by atoms with van der Waals surface area (Å²) >= 11 is 0. The van der Waals surface area contributed by atoms with E-state index in [2.05, 4.69) is 29.6 Å². The third kappa shape index (κ3) is 3.64. The van der Waals surface area contributed by atoms with Crippen molar-refractivity contribution in [3.63, 3.8) is 0 Å². The van der Waals surface area contributed by atoms with E-state index >= 15 is 0 Å². The molecule has 1 aliphatic heterocycles. The fourth-order valence-electron chi connectivity index (χ4n) is 4.52. The number of aromatic nitrogens is 2. The quantitative estimate of drug-likeness (QED) is 0.710. The molecular weight excluding hydrogens is 378 g/mol. The maximum absolute atomic E-state index is 12.7. The van der Waals surface area contributed by atoms with Crippen LogP contribution >= 0.6 is 0 Å². The molecule has 30 heavy (non-hydrogen) atoms. The lowest BCUT2D eigenvalue weighted by Gasteiger charge is -2.24. The lowest BCUT2D eigenvalue weighted by atomic mass is 10.1. The third-order valence-corrected chi connectivity index (χ3v) is 6.06. The zero-order valence-electron chi connectivity index (χ0n) is 17.0. The van der Waals surface area contributed by atoms with Crippen molar-refractivity contribution in [2.75, 3.05) is 20.3 Å². The molecule has 0 amide bonds. The SMILES string of the molecule is COc1cccc(-c2ccc(=O)n(C3COCC3NC3Cc4ccccc4C3)n2)c1. The van der Waals surface area contributed by atoms with Gasteiger partial charge in [-0.1, -0.05) is 36.4 Å². The highest BCUT2D eigenvalue weighted by atomic mass is 16.5. The molecule has 5 rings (SSSR count). The number of benzene rings is 2. The number of ether oxygens (including phenoxy) is 2. The molecule has 6 nitrogen and oxygen atoms in total. The van der Waals surface area contributed by atoms with E-state index in [9.17, 15) is 4.79 Å². The predicted octanol–water partition coefficient (Wildman–Crippen LogP) is 2.62. The molecule has 154 valence electrons. The smallest absolute Gasteiger partial charge is 0.267 e. The first-order chi connectivity index (χ1) is 14.7. The summed E-state index contributed by atoms with van der Waals surface area (Å²) in [5.41, 5.74) is 4.35. The first-order valence-corrected chi connectivity index (χ1v) is 10.4. The van der Waals surface area contributed by atoms with Crippen LogP contribution in [-0.4, -0.2) is 42.2 Å². The van der Waals surface area contributed by atoms with Crippen molar-refractivity contribution in [3.8, 4) is 17.0 Å². The Bertz CT molecular complexity index is 1090. The molecule has 1 fully saturated rings. The van der Waals surface area contributed by atoms with Crippen LogP contribution in [-0.2, 0) is 17.6 Å². The van der Waals surface area contributed by atoms with E-state index in [1.165, 1.54) is 11.1 Å². The predicted molar refractivity (Wildman–Crippen MR) is 115 cm³/mol. The third-order valence-electron chi connectivity index (χ3n) is 6.06. The Hall–Kier alpha value is -2.96. The van der Waals surface area contributed by atoms with E-state index in [4.69, 9.17) is 14.6 Å². The lowest BCUT2D eigenvalue weighted by molar-refractivity contribution is 0.180. The number of methoxy groups -OCH3 is 1. The summed E-state index contributed by atoms with van der Waals surface area (Å²) in [4.78, 5) is 12.7. The van der Waals surface area contributed by atoms with E-state index < -0.39 is 0 Å². The molecule has 2 heterocycles. The van der Waals surface area contributed by atoms with Crippen LogP contribution in [0.15, 0.2) is 65.5 Å². The molecule has 2 unspecified atom stereocenters. The van der Waals surface area contributed by atoms with E-state index in [1.54, 1.807) is 23.9 Å². The second kappa shape index (κ2) is 8.05. The van der Waals surface area contributed by atoms with Crippen LogP contribution in [0.25, 0.3) is 11.3 Å². The van der Waals surface area contributed by atoms with Gasteiger partial charge in [-0.3, -0.25) is 4.79 Å². The highest BCUT2D eigenvalue weighted by Crippen LogP contribution is 2.26. The van der Waals surface area contributed by atoms with Crippen molar-refractivity contribution in [3.05, 3.63) is 82.1 Å². The summed E-state index contributed by atoms with van der Waals surface area (Å²) < 4.78 is 12.7. The second-order valence-corrected chi connectivity index (χ2v) is 7.99. The average Bonchev–Trinajstić information content (AvgIpc) is 3.40. The van der Waals surface area contributed by atoms with Gasteiger partial charge in [0.05, 0.1) is 38.1 Å². The van der Waals surface area contributed by atoms with E-state index in [0.29, 0.717) is 19.3 Å². The Morgan fingerprint density at radius 2 is 1.83 bits per heavy atom. The Morgan fingerprint density at radius 3 is 2.60 bits per heavy atom. The van der Waals surface area contributed by atoms with Gasteiger partial charge >= 0.3 is 0 Å². The van der Waals surface area contributed by atoms with Gasteiger partial charge in [-0.15, -0.1) is 0 Å². The summed E-state index contributed by atoms with van der Waals surface area (Å²) in [5, 5.41) is 8.43. The van der Waals surface area contributed by atoms with Crippen LogP contribution in [0.2, 0.25) is 0 Å². The maximum atomic E-state index is 12.7. The first-order valence-electron chi connectivity index (χ1n) is 10.4. The number of hydrogen-bond acceptors (Lipinski definition) is 5. The van der Waals surface area contributed by atoms with E-state index in [-0.39, 0.29) is 17.6 Å². The molecule has 1 N–H and O–H groups in total. The molecular formula is C24H25N3O3. The molecule has 1 aromatic heterocycles. The summed E-state index contributed by atoms with van der Waals surface area (Å²) in [6.45, 7) is 1.06. The molecule has 2 aliphatic rings. The lowest BCUT2D eigenvalue weighted by Crippen LogP contribution is -2.46. The van der Waals surface area contributed by atoms with Crippen molar-refractivity contribution in [1.29, 1.82) is 0 Å². The Labute approximate surface area is 175 Å². The molecule has 6 heteroatoms. The number of hydrogen-bond donors (Lipinski definition) is 1. The Morgan fingerprint density at radius 1 is 1.03 bits per heavy atom. The summed E-state index contributed by atoms with van der Waals surface area (Å²) in [7, 11) is 1.64. The minimum atomic E-state index is -0.133. The fraction of sp³-hybridized carbons (Fsp3) is 0.333. The molecule has 2 atom stereocenters. The molecule has 0 bridgehead atoms. The van der Waals surface area contributed by atoms with Gasteiger partial charge in [0.15, 0.2) is 0 Å². The second-order valence-electron chi connectivity index (χ2n) is 7.99. The van der Waals surface area contributed by atoms with Gasteiger partial charge in [-0.2, -0.15) is 5.10 Å². The highest BCUT2D eigenvalue weighted by molar-refractivity contribution is 5.60. The fourth-order valence-corrected chi connectivity index (χ4v) is 4.52. The molecule has 0 radical (unpaired) electrons. The largest absolute Gasteiger partial charge is 0.497 e. The topological polar surface area (TPSA) is 65.4 Å². The zero-order chi connectivity index (χ0) is 20.5. The van der Waals surface area contributed by atoms with Crippen molar-refractivity contribution >= 4 is 0 Å². The minimum Gasteiger partial charge on any atom is -0.497 e. The van der Waals surface area contributed by atoms with Gasteiger partial charge < -0.3 is 14.8 Å². The van der Waals surface area contributed by atoms with Gasteiger partial charge in [-0.05, 0) is 42.2 Å². The molecule has 3 aromatic rings. The average molecular weight is 403 g/mol. The van der Waals surface area contributed by atoms with Gasteiger partial charge in [0.2, 0.25) is 0 Å². The van der Waals surface area contributed by atoms with Crippen LogP contribution in [0.3, 0.4) is 0 Å². The van der Waals surface area contributed by atoms with Crippen LogP contribution < -0.4 is 15.6 Å². The minimum absolute atomic E-state index is 0.0510. The molecule has 1 aliphatic carbocycles. The monoisotopic (exact) mass is 403 g/mol. The van der Waals surface area contributed by atoms with Crippen molar-refractivity contribution in [2.24, 2.45) is 0 Å². The van der Waals surface area contributed by atoms with Crippen LogP contribution in [0, 0.1) is 0 Å². The number of fused-ring (bicyclic) bond motifs is 1. The molecule has 1 saturated heterocycles. The Balaban J connectivity index is 1.38. The van der Waals surface area contributed by atoms with E-state index in [1.807, 2.05) is 24.3 Å². The number of nitrogens with one attached hydrogen (secondary N) is 1. The van der Waals surface area contributed by atoms with Crippen molar-refractivity contribution < 1.29 is 9.47 Å². The normalized spacial score (nSPS) is 21.0. The summed E-state index contributed by atoms with van der Waals surface area (Å²) in [6, 6.07) is 19.9.